The largest absolute Gasteiger partial charge is 0.396 e. The van der Waals surface area contributed by atoms with Gasteiger partial charge in [-0.1, -0.05) is 57.2 Å². The van der Waals surface area contributed by atoms with Crippen molar-refractivity contribution in [3.8, 4) is 0 Å². The predicted molar refractivity (Wildman–Crippen MR) is 65.9 cm³/mol. The van der Waals surface area contributed by atoms with Crippen LogP contribution >= 0.6 is 0 Å². The minimum Gasteiger partial charge on any atom is -0.396 e. The molecule has 0 aliphatic rings. The average Bonchev–Trinajstić information content (AvgIpc) is 2.17. The maximum absolute atomic E-state index is 8.68. The fraction of sp³-hybridized carbons (Fsp3) is 0.429. The van der Waals surface area contributed by atoms with Crippen molar-refractivity contribution in [3.05, 3.63) is 41.5 Å². The highest BCUT2D eigenvalue weighted by atomic mass is 16.2. The molecular formula is C14H20O. The Morgan fingerprint density at radius 1 is 1.27 bits per heavy atom. The fourth-order valence-corrected chi connectivity index (χ4v) is 1.40. The minimum atomic E-state index is 0.195. The van der Waals surface area contributed by atoms with E-state index in [-0.39, 0.29) is 12.0 Å². The molecule has 0 unspecified atom stereocenters. The summed E-state index contributed by atoms with van der Waals surface area (Å²) in [6.45, 7) is 6.85. The van der Waals surface area contributed by atoms with Crippen molar-refractivity contribution in [1.29, 1.82) is 0 Å². The molecule has 1 aromatic carbocycles. The van der Waals surface area contributed by atoms with E-state index in [4.69, 9.17) is 5.11 Å². The van der Waals surface area contributed by atoms with Crippen LogP contribution in [0.25, 0.3) is 6.08 Å². The van der Waals surface area contributed by atoms with E-state index in [0.29, 0.717) is 0 Å². The van der Waals surface area contributed by atoms with Crippen LogP contribution < -0.4 is 0 Å². The van der Waals surface area contributed by atoms with Crippen molar-refractivity contribution < 1.29 is 5.11 Å². The molecule has 0 aliphatic heterocycles. The molecule has 1 nitrogen and oxygen atoms in total. The van der Waals surface area contributed by atoms with Gasteiger partial charge in [0.1, 0.15) is 0 Å². The van der Waals surface area contributed by atoms with E-state index in [2.05, 4.69) is 51.1 Å². The maximum atomic E-state index is 8.68. The molecule has 1 N–H and O–H groups in total. The second-order valence-corrected chi connectivity index (χ2v) is 4.79. The molecule has 0 saturated carbocycles. The molecule has 82 valence electrons. The highest BCUT2D eigenvalue weighted by Gasteiger charge is 2.12. The summed E-state index contributed by atoms with van der Waals surface area (Å²) in [5.74, 6) is 0. The normalized spacial score (nSPS) is 12.3. The third-order valence-electron chi connectivity index (χ3n) is 2.36. The number of aliphatic hydroxyl groups is 1. The first-order valence-corrected chi connectivity index (χ1v) is 5.42. The number of rotatable bonds is 3. The molecular weight excluding hydrogens is 184 g/mol. The van der Waals surface area contributed by atoms with Crippen LogP contribution in [0.1, 0.15) is 38.3 Å². The summed E-state index contributed by atoms with van der Waals surface area (Å²) in [6.07, 6.45) is 4.78. The first-order chi connectivity index (χ1) is 7.04. The lowest BCUT2D eigenvalue weighted by molar-refractivity contribution is 0.303. The van der Waals surface area contributed by atoms with Gasteiger partial charge in [0.2, 0.25) is 0 Å². The van der Waals surface area contributed by atoms with Gasteiger partial charge < -0.3 is 5.11 Å². The zero-order valence-electron chi connectivity index (χ0n) is 9.83. The van der Waals surface area contributed by atoms with Crippen LogP contribution in [0.4, 0.5) is 0 Å². The van der Waals surface area contributed by atoms with Gasteiger partial charge in [-0.2, -0.15) is 0 Å². The van der Waals surface area contributed by atoms with Gasteiger partial charge in [0.15, 0.2) is 0 Å². The van der Waals surface area contributed by atoms with E-state index < -0.39 is 0 Å². The highest BCUT2D eigenvalue weighted by molar-refractivity contribution is 5.51. The van der Waals surface area contributed by atoms with Crippen LogP contribution in [0.2, 0.25) is 0 Å². The molecule has 0 fully saturated rings. The number of benzene rings is 1. The average molecular weight is 204 g/mol. The molecule has 15 heavy (non-hydrogen) atoms. The van der Waals surface area contributed by atoms with E-state index >= 15 is 0 Å². The molecule has 0 aliphatic carbocycles. The lowest BCUT2D eigenvalue weighted by Gasteiger charge is -2.19. The Balaban J connectivity index is 2.84. The molecule has 0 heterocycles. The SMILES string of the molecule is CC(C)(C)c1cccc(C=CCCO)c1. The van der Waals surface area contributed by atoms with Crippen molar-refractivity contribution in [2.45, 2.75) is 32.6 Å². The zero-order valence-corrected chi connectivity index (χ0v) is 9.83. The van der Waals surface area contributed by atoms with E-state index in [1.807, 2.05) is 6.08 Å². The van der Waals surface area contributed by atoms with Crippen LogP contribution in [-0.2, 0) is 5.41 Å². The van der Waals surface area contributed by atoms with Crippen molar-refractivity contribution in [1.82, 2.24) is 0 Å². The van der Waals surface area contributed by atoms with Crippen molar-refractivity contribution in [2.75, 3.05) is 6.61 Å². The summed E-state index contributed by atoms with van der Waals surface area (Å²) in [4.78, 5) is 0. The lowest BCUT2D eigenvalue weighted by Crippen LogP contribution is -2.10. The Hall–Kier alpha value is -1.08. The van der Waals surface area contributed by atoms with Crippen molar-refractivity contribution in [2.24, 2.45) is 0 Å². The molecule has 0 spiro atoms. The van der Waals surface area contributed by atoms with Gasteiger partial charge in [-0.05, 0) is 23.0 Å². The second-order valence-electron chi connectivity index (χ2n) is 4.79. The van der Waals surface area contributed by atoms with Gasteiger partial charge in [0.05, 0.1) is 0 Å². The van der Waals surface area contributed by atoms with E-state index in [1.165, 1.54) is 11.1 Å². The standard InChI is InChI=1S/C14H20O/c1-14(2,3)13-9-6-8-12(11-13)7-4-5-10-15/h4,6-9,11,15H,5,10H2,1-3H3. The van der Waals surface area contributed by atoms with Gasteiger partial charge in [0.25, 0.3) is 0 Å². The molecule has 1 heteroatoms. The second kappa shape index (κ2) is 5.13. The number of hydrogen-bond donors (Lipinski definition) is 1. The van der Waals surface area contributed by atoms with Crippen LogP contribution in [0.15, 0.2) is 30.3 Å². The highest BCUT2D eigenvalue weighted by Crippen LogP contribution is 2.23. The molecule has 1 aromatic rings. The first kappa shape index (κ1) is 12.0. The minimum absolute atomic E-state index is 0.195. The van der Waals surface area contributed by atoms with E-state index in [1.54, 1.807) is 0 Å². The smallest absolute Gasteiger partial charge is 0.0465 e. The topological polar surface area (TPSA) is 20.2 Å². The summed E-state index contributed by atoms with van der Waals surface area (Å²) in [5, 5.41) is 8.68. The third-order valence-corrected chi connectivity index (χ3v) is 2.36. The van der Waals surface area contributed by atoms with Gasteiger partial charge in [-0.15, -0.1) is 0 Å². The summed E-state index contributed by atoms with van der Waals surface area (Å²) < 4.78 is 0. The van der Waals surface area contributed by atoms with Crippen LogP contribution in [0.3, 0.4) is 0 Å². The summed E-state index contributed by atoms with van der Waals surface area (Å²) in [7, 11) is 0. The summed E-state index contributed by atoms with van der Waals surface area (Å²) in [5.41, 5.74) is 2.74. The predicted octanol–water partition coefficient (Wildman–Crippen LogP) is 3.38. The lowest BCUT2D eigenvalue weighted by atomic mass is 9.86. The molecule has 0 radical (unpaired) electrons. The number of aliphatic hydroxyl groups excluding tert-OH is 1. The molecule has 0 saturated heterocycles. The first-order valence-electron chi connectivity index (χ1n) is 5.42. The quantitative estimate of drug-likeness (QED) is 0.800. The van der Waals surface area contributed by atoms with Gasteiger partial charge in [-0.25, -0.2) is 0 Å². The molecule has 0 aromatic heterocycles. The van der Waals surface area contributed by atoms with E-state index in [9.17, 15) is 0 Å². The van der Waals surface area contributed by atoms with Crippen molar-refractivity contribution >= 4 is 6.08 Å². The summed E-state index contributed by atoms with van der Waals surface area (Å²) >= 11 is 0. The van der Waals surface area contributed by atoms with Crippen LogP contribution in [0.5, 0.6) is 0 Å². The molecule has 0 atom stereocenters. The molecule has 0 bridgehead atoms. The van der Waals surface area contributed by atoms with Gasteiger partial charge in [0, 0.05) is 6.61 Å². The Kier molecular flexibility index (Phi) is 4.10. The maximum Gasteiger partial charge on any atom is 0.0465 e. The monoisotopic (exact) mass is 204 g/mol. The van der Waals surface area contributed by atoms with Gasteiger partial charge in [-0.3, -0.25) is 0 Å². The van der Waals surface area contributed by atoms with Crippen LogP contribution in [0, 0.1) is 0 Å². The number of hydrogen-bond acceptors (Lipinski definition) is 1. The Morgan fingerprint density at radius 3 is 2.60 bits per heavy atom. The third kappa shape index (κ3) is 3.88. The zero-order chi connectivity index (χ0) is 11.3. The van der Waals surface area contributed by atoms with E-state index in [0.717, 1.165) is 6.42 Å². The Morgan fingerprint density at radius 2 is 2.00 bits per heavy atom. The Bertz CT molecular complexity index is 331. The van der Waals surface area contributed by atoms with Crippen molar-refractivity contribution in [3.63, 3.8) is 0 Å². The van der Waals surface area contributed by atoms with Gasteiger partial charge >= 0.3 is 0 Å². The van der Waals surface area contributed by atoms with Crippen LogP contribution in [-0.4, -0.2) is 11.7 Å². The fourth-order valence-electron chi connectivity index (χ4n) is 1.40. The molecule has 0 amide bonds. The Labute approximate surface area is 92.5 Å². The molecule has 1 rings (SSSR count). The summed E-state index contributed by atoms with van der Waals surface area (Å²) in [6, 6.07) is 8.53.